The van der Waals surface area contributed by atoms with E-state index in [4.69, 9.17) is 5.73 Å². The highest BCUT2D eigenvalue weighted by Crippen LogP contribution is 2.33. The molecule has 1 aliphatic heterocycles. The van der Waals surface area contributed by atoms with E-state index >= 15 is 0 Å². The van der Waals surface area contributed by atoms with Gasteiger partial charge in [0.1, 0.15) is 0 Å². The summed E-state index contributed by atoms with van der Waals surface area (Å²) < 4.78 is 0. The predicted octanol–water partition coefficient (Wildman–Crippen LogP) is 1.46. The highest BCUT2D eigenvalue weighted by molar-refractivity contribution is 4.97. The Labute approximate surface area is 81.5 Å². The van der Waals surface area contributed by atoms with Gasteiger partial charge in [-0.3, -0.25) is 0 Å². The summed E-state index contributed by atoms with van der Waals surface area (Å²) in [6.45, 7) is 8.37. The van der Waals surface area contributed by atoms with Crippen LogP contribution in [0.5, 0.6) is 0 Å². The standard InChI is InChI=1S/C11H22N2/c1-9(2)10-6-13(7-10)8-11(12)4-3-5-11/h9-10H,3-8,12H2,1-2H3. The summed E-state index contributed by atoms with van der Waals surface area (Å²) in [5.41, 5.74) is 6.39. The van der Waals surface area contributed by atoms with Crippen molar-refractivity contribution in [3.8, 4) is 0 Å². The first-order chi connectivity index (χ1) is 6.09. The fourth-order valence-corrected chi connectivity index (χ4v) is 2.39. The molecule has 76 valence electrons. The number of hydrogen-bond donors (Lipinski definition) is 1. The second-order valence-corrected chi connectivity index (χ2v) is 5.41. The molecule has 1 saturated carbocycles. The fourth-order valence-electron chi connectivity index (χ4n) is 2.39. The largest absolute Gasteiger partial charge is 0.324 e. The van der Waals surface area contributed by atoms with Gasteiger partial charge in [-0.15, -0.1) is 0 Å². The molecule has 0 spiro atoms. The molecule has 0 aromatic carbocycles. The van der Waals surface area contributed by atoms with E-state index in [1.807, 2.05) is 0 Å². The average molecular weight is 182 g/mol. The molecule has 2 fully saturated rings. The molecule has 0 aromatic heterocycles. The van der Waals surface area contributed by atoms with E-state index in [0.717, 1.165) is 18.4 Å². The molecular weight excluding hydrogens is 160 g/mol. The number of rotatable bonds is 3. The molecule has 0 atom stereocenters. The smallest absolute Gasteiger partial charge is 0.0283 e. The molecule has 13 heavy (non-hydrogen) atoms. The third kappa shape index (κ3) is 1.89. The highest BCUT2D eigenvalue weighted by atomic mass is 15.2. The van der Waals surface area contributed by atoms with Crippen LogP contribution >= 0.6 is 0 Å². The van der Waals surface area contributed by atoms with E-state index in [2.05, 4.69) is 18.7 Å². The Kier molecular flexibility index (Phi) is 2.37. The second-order valence-electron chi connectivity index (χ2n) is 5.41. The van der Waals surface area contributed by atoms with Crippen molar-refractivity contribution in [2.75, 3.05) is 19.6 Å². The molecule has 2 aliphatic rings. The number of nitrogens with zero attached hydrogens (tertiary/aromatic N) is 1. The van der Waals surface area contributed by atoms with Gasteiger partial charge in [0.15, 0.2) is 0 Å². The maximum atomic E-state index is 6.19. The van der Waals surface area contributed by atoms with Gasteiger partial charge in [0.05, 0.1) is 0 Å². The molecule has 1 aliphatic carbocycles. The molecule has 1 saturated heterocycles. The molecule has 2 rings (SSSR count). The molecule has 2 N–H and O–H groups in total. The Bertz CT molecular complexity index is 179. The van der Waals surface area contributed by atoms with Crippen LogP contribution in [-0.2, 0) is 0 Å². The Morgan fingerprint density at radius 1 is 1.38 bits per heavy atom. The summed E-state index contributed by atoms with van der Waals surface area (Å²) in [7, 11) is 0. The normalized spacial score (nSPS) is 28.6. The third-order valence-electron chi connectivity index (χ3n) is 3.82. The maximum absolute atomic E-state index is 6.19. The topological polar surface area (TPSA) is 29.3 Å². The third-order valence-corrected chi connectivity index (χ3v) is 3.82. The first-order valence-electron chi connectivity index (χ1n) is 5.60. The van der Waals surface area contributed by atoms with Crippen molar-refractivity contribution >= 4 is 0 Å². The minimum atomic E-state index is 0.196. The molecule has 2 heteroatoms. The van der Waals surface area contributed by atoms with Crippen LogP contribution in [-0.4, -0.2) is 30.1 Å². The van der Waals surface area contributed by atoms with Crippen LogP contribution in [0.4, 0.5) is 0 Å². The summed E-state index contributed by atoms with van der Waals surface area (Å²) in [6, 6.07) is 0. The Balaban J connectivity index is 1.69. The lowest BCUT2D eigenvalue weighted by atomic mass is 9.76. The Morgan fingerprint density at radius 3 is 2.38 bits per heavy atom. The lowest BCUT2D eigenvalue weighted by Crippen LogP contribution is -2.60. The van der Waals surface area contributed by atoms with Gasteiger partial charge in [0, 0.05) is 25.2 Å². The Hall–Kier alpha value is -0.0800. The zero-order valence-electron chi connectivity index (χ0n) is 8.92. The first kappa shape index (κ1) is 9.47. The highest BCUT2D eigenvalue weighted by Gasteiger charge is 2.38. The van der Waals surface area contributed by atoms with Gasteiger partial charge in [0.2, 0.25) is 0 Å². The summed E-state index contributed by atoms with van der Waals surface area (Å²) in [5, 5.41) is 0. The van der Waals surface area contributed by atoms with Crippen LogP contribution in [0.25, 0.3) is 0 Å². The van der Waals surface area contributed by atoms with E-state index in [9.17, 15) is 0 Å². The van der Waals surface area contributed by atoms with Gasteiger partial charge < -0.3 is 10.6 Å². The fraction of sp³-hybridized carbons (Fsp3) is 1.00. The van der Waals surface area contributed by atoms with Crippen molar-refractivity contribution in [3.63, 3.8) is 0 Å². The molecule has 0 amide bonds. The molecule has 0 aromatic rings. The van der Waals surface area contributed by atoms with Crippen molar-refractivity contribution in [1.29, 1.82) is 0 Å². The molecular formula is C11H22N2. The number of likely N-dealkylation sites (tertiary alicyclic amines) is 1. The van der Waals surface area contributed by atoms with Gasteiger partial charge in [-0.1, -0.05) is 13.8 Å². The average Bonchev–Trinajstić information content (AvgIpc) is 1.91. The van der Waals surface area contributed by atoms with Gasteiger partial charge in [-0.25, -0.2) is 0 Å². The van der Waals surface area contributed by atoms with Gasteiger partial charge in [-0.2, -0.15) is 0 Å². The first-order valence-corrected chi connectivity index (χ1v) is 5.60. The van der Waals surface area contributed by atoms with Crippen LogP contribution < -0.4 is 5.73 Å². The maximum Gasteiger partial charge on any atom is 0.0283 e. The Morgan fingerprint density at radius 2 is 2.00 bits per heavy atom. The second kappa shape index (κ2) is 3.25. The van der Waals surface area contributed by atoms with E-state index in [1.54, 1.807) is 0 Å². The SMILES string of the molecule is CC(C)C1CN(CC2(N)CCC2)C1. The van der Waals surface area contributed by atoms with E-state index < -0.39 is 0 Å². The molecule has 0 bridgehead atoms. The monoisotopic (exact) mass is 182 g/mol. The van der Waals surface area contributed by atoms with Gasteiger partial charge in [0.25, 0.3) is 0 Å². The van der Waals surface area contributed by atoms with Gasteiger partial charge in [-0.05, 0) is 31.1 Å². The minimum Gasteiger partial charge on any atom is -0.324 e. The van der Waals surface area contributed by atoms with Crippen LogP contribution in [0.15, 0.2) is 0 Å². The lowest BCUT2D eigenvalue weighted by Gasteiger charge is -2.49. The summed E-state index contributed by atoms with van der Waals surface area (Å²) >= 11 is 0. The van der Waals surface area contributed by atoms with Gasteiger partial charge >= 0.3 is 0 Å². The molecule has 2 nitrogen and oxygen atoms in total. The van der Waals surface area contributed by atoms with Crippen LogP contribution in [0.3, 0.4) is 0 Å². The molecule has 0 unspecified atom stereocenters. The summed E-state index contributed by atoms with van der Waals surface area (Å²) in [6.07, 6.45) is 3.84. The summed E-state index contributed by atoms with van der Waals surface area (Å²) in [5.74, 6) is 1.79. The zero-order valence-corrected chi connectivity index (χ0v) is 8.92. The van der Waals surface area contributed by atoms with Crippen molar-refractivity contribution in [2.24, 2.45) is 17.6 Å². The summed E-state index contributed by atoms with van der Waals surface area (Å²) in [4.78, 5) is 2.53. The van der Waals surface area contributed by atoms with Crippen LogP contribution in [0.1, 0.15) is 33.1 Å². The molecule has 1 heterocycles. The quantitative estimate of drug-likeness (QED) is 0.716. The number of hydrogen-bond acceptors (Lipinski definition) is 2. The van der Waals surface area contributed by atoms with Crippen molar-refractivity contribution < 1.29 is 0 Å². The lowest BCUT2D eigenvalue weighted by molar-refractivity contribution is 0.0291. The molecule has 0 radical (unpaired) electrons. The van der Waals surface area contributed by atoms with Crippen LogP contribution in [0.2, 0.25) is 0 Å². The van der Waals surface area contributed by atoms with Crippen LogP contribution in [0, 0.1) is 11.8 Å². The van der Waals surface area contributed by atoms with Crippen molar-refractivity contribution in [1.82, 2.24) is 4.90 Å². The number of nitrogens with two attached hydrogens (primary N) is 1. The zero-order chi connectivity index (χ0) is 9.47. The van der Waals surface area contributed by atoms with Crippen molar-refractivity contribution in [2.45, 2.75) is 38.6 Å². The van der Waals surface area contributed by atoms with E-state index in [0.29, 0.717) is 0 Å². The van der Waals surface area contributed by atoms with Crippen molar-refractivity contribution in [3.05, 3.63) is 0 Å². The minimum absolute atomic E-state index is 0.196. The van der Waals surface area contributed by atoms with E-state index in [1.165, 1.54) is 32.4 Å². The van der Waals surface area contributed by atoms with E-state index in [-0.39, 0.29) is 5.54 Å². The predicted molar refractivity (Wildman–Crippen MR) is 55.5 cm³/mol.